The first-order valence-corrected chi connectivity index (χ1v) is 22.0. The van der Waals surface area contributed by atoms with Crippen molar-refractivity contribution in [3.8, 4) is 5.75 Å². The number of carbonyl (C=O) groups excluding carboxylic acids is 4. The van der Waals surface area contributed by atoms with Crippen molar-refractivity contribution >= 4 is 29.7 Å². The third-order valence-corrected chi connectivity index (χ3v) is 13.3. The number of nitrogens with zero attached hydrogens (tertiary/aromatic N) is 5. The highest BCUT2D eigenvalue weighted by molar-refractivity contribution is 5.91. The summed E-state index contributed by atoms with van der Waals surface area (Å²) >= 11 is 0. The largest absolute Gasteiger partial charge is 0.507 e. The van der Waals surface area contributed by atoms with Crippen molar-refractivity contribution in [2.45, 2.75) is 83.8 Å². The number of rotatable bonds is 12. The molecule has 4 saturated heterocycles. The van der Waals surface area contributed by atoms with E-state index in [1.54, 1.807) is 4.90 Å². The summed E-state index contributed by atoms with van der Waals surface area (Å²) in [5.41, 5.74) is 4.22. The van der Waals surface area contributed by atoms with Gasteiger partial charge in [-0.3, -0.25) is 19.4 Å². The number of anilines is 1. The maximum Gasteiger partial charge on any atom is 0.410 e. The molecule has 4 amide bonds. The third kappa shape index (κ3) is 11.3. The van der Waals surface area contributed by atoms with Gasteiger partial charge in [0.05, 0.1) is 26.4 Å². The highest BCUT2D eigenvalue weighted by Crippen LogP contribution is 2.33. The predicted octanol–water partition coefficient (Wildman–Crippen LogP) is 4.83. The zero-order valence-electron chi connectivity index (χ0n) is 35.1. The number of urea groups is 1. The topological polar surface area (TPSA) is 144 Å². The van der Waals surface area contributed by atoms with Crippen LogP contribution in [-0.2, 0) is 36.6 Å². The number of morpholine rings is 1. The number of aryl methyl sites for hydroxylation is 2. The second-order valence-corrected chi connectivity index (χ2v) is 17.2. The van der Waals surface area contributed by atoms with Gasteiger partial charge in [-0.2, -0.15) is 0 Å². The van der Waals surface area contributed by atoms with Crippen molar-refractivity contribution in [3.63, 3.8) is 0 Å². The van der Waals surface area contributed by atoms with Gasteiger partial charge in [0.25, 0.3) is 5.91 Å². The molecule has 59 heavy (non-hydrogen) atoms. The molecular formula is C45H64N6O8. The number of hydrogen-bond donors (Lipinski definition) is 2. The molecule has 14 heteroatoms. The molecule has 4 fully saturated rings. The van der Waals surface area contributed by atoms with E-state index in [1.165, 1.54) is 0 Å². The van der Waals surface area contributed by atoms with Crippen LogP contribution in [0.5, 0.6) is 5.75 Å². The van der Waals surface area contributed by atoms with Gasteiger partial charge < -0.3 is 39.3 Å². The average Bonchev–Trinajstić information content (AvgIpc) is 3.42. The van der Waals surface area contributed by atoms with E-state index in [0.717, 1.165) is 101 Å². The van der Waals surface area contributed by atoms with Crippen molar-refractivity contribution in [1.29, 1.82) is 0 Å². The van der Waals surface area contributed by atoms with E-state index in [2.05, 4.69) is 15.1 Å². The first kappa shape index (κ1) is 42.7. The van der Waals surface area contributed by atoms with Crippen LogP contribution in [0.4, 0.5) is 15.3 Å². The Morgan fingerprint density at radius 3 is 2.17 bits per heavy atom. The molecule has 7 rings (SSSR count). The quantitative estimate of drug-likeness (QED) is 0.226. The number of para-hydroxylation sites is 1. The molecule has 5 aliphatic rings. The van der Waals surface area contributed by atoms with Gasteiger partial charge in [-0.1, -0.05) is 30.3 Å². The van der Waals surface area contributed by atoms with Crippen LogP contribution in [0.3, 0.4) is 0 Å². The highest BCUT2D eigenvalue weighted by Gasteiger charge is 2.37. The molecule has 322 valence electrons. The van der Waals surface area contributed by atoms with Crippen molar-refractivity contribution < 1.29 is 38.5 Å². The monoisotopic (exact) mass is 816 g/mol. The molecule has 0 aromatic heterocycles. The van der Waals surface area contributed by atoms with E-state index in [0.29, 0.717) is 81.7 Å². The second kappa shape index (κ2) is 20.2. The van der Waals surface area contributed by atoms with Crippen LogP contribution in [0.2, 0.25) is 0 Å². The molecule has 2 aromatic rings. The Morgan fingerprint density at radius 1 is 0.831 bits per heavy atom. The molecule has 0 saturated carbocycles. The molecule has 0 spiro atoms. The van der Waals surface area contributed by atoms with Crippen molar-refractivity contribution in [2.24, 2.45) is 11.8 Å². The van der Waals surface area contributed by atoms with E-state index in [1.807, 2.05) is 60.0 Å². The van der Waals surface area contributed by atoms with Crippen LogP contribution in [-0.4, -0.2) is 158 Å². The van der Waals surface area contributed by atoms with E-state index < -0.39 is 12.2 Å². The summed E-state index contributed by atoms with van der Waals surface area (Å²) in [6, 6.07) is 11.5. The first-order chi connectivity index (χ1) is 28.6. The van der Waals surface area contributed by atoms with Crippen LogP contribution >= 0.6 is 0 Å². The molecule has 14 nitrogen and oxygen atoms in total. The lowest BCUT2D eigenvalue weighted by molar-refractivity contribution is -0.145. The number of ether oxygens (including phenoxy) is 3. The van der Waals surface area contributed by atoms with E-state index in [-0.39, 0.29) is 36.1 Å². The fourth-order valence-electron chi connectivity index (χ4n) is 9.76. The summed E-state index contributed by atoms with van der Waals surface area (Å²) in [6.45, 7) is 13.2. The first-order valence-electron chi connectivity index (χ1n) is 22.0. The lowest BCUT2D eigenvalue weighted by Gasteiger charge is -2.41. The zero-order valence-corrected chi connectivity index (χ0v) is 35.1. The van der Waals surface area contributed by atoms with Gasteiger partial charge in [0.1, 0.15) is 5.75 Å². The normalized spacial score (nSPS) is 21.1. The van der Waals surface area contributed by atoms with E-state index in [4.69, 9.17) is 14.2 Å². The van der Waals surface area contributed by atoms with Gasteiger partial charge in [0, 0.05) is 70.5 Å². The molecule has 5 heterocycles. The summed E-state index contributed by atoms with van der Waals surface area (Å²) in [5.74, 6) is 0.931. The fourth-order valence-corrected chi connectivity index (χ4v) is 9.76. The van der Waals surface area contributed by atoms with Gasteiger partial charge in [-0.25, -0.2) is 9.59 Å². The summed E-state index contributed by atoms with van der Waals surface area (Å²) in [5, 5.41) is 13.5. The van der Waals surface area contributed by atoms with Gasteiger partial charge in [-0.05, 0) is 118 Å². The average molecular weight is 817 g/mol. The number of hydrogen-bond acceptors (Lipinski definition) is 10. The second-order valence-electron chi connectivity index (χ2n) is 17.2. The Balaban J connectivity index is 0.880. The van der Waals surface area contributed by atoms with E-state index >= 15 is 0 Å². The number of phenols is 1. The Kier molecular flexibility index (Phi) is 14.7. The summed E-state index contributed by atoms with van der Waals surface area (Å²) in [7, 11) is 0. The minimum atomic E-state index is -1.00. The predicted molar refractivity (Wildman–Crippen MR) is 223 cm³/mol. The van der Waals surface area contributed by atoms with Crippen LogP contribution in [0, 0.1) is 25.7 Å². The maximum atomic E-state index is 14.3. The number of esters is 1. The molecule has 0 unspecified atom stereocenters. The zero-order chi connectivity index (χ0) is 41.3. The molecule has 1 atom stereocenters. The Labute approximate surface area is 349 Å². The summed E-state index contributed by atoms with van der Waals surface area (Å²) in [4.78, 5) is 63.7. The van der Waals surface area contributed by atoms with Crippen LogP contribution in [0.1, 0.15) is 67.2 Å². The molecular weight excluding hydrogens is 753 g/mol. The Bertz CT molecular complexity index is 1740. The number of nitrogens with one attached hydrogen (secondary N) is 1. The molecule has 2 N–H and O–H groups in total. The number of amides is 4. The highest BCUT2D eigenvalue weighted by atomic mass is 16.6. The number of carbonyl (C=O) groups is 4. The maximum absolute atomic E-state index is 14.3. The number of benzene rings is 2. The minimum absolute atomic E-state index is 0.000309. The van der Waals surface area contributed by atoms with Crippen molar-refractivity contribution in [1.82, 2.24) is 24.5 Å². The molecule has 0 aliphatic carbocycles. The fraction of sp³-hybridized carbons (Fsp3) is 0.644. The molecule has 5 aliphatic heterocycles. The minimum Gasteiger partial charge on any atom is -0.507 e. The molecule has 2 aromatic carbocycles. The van der Waals surface area contributed by atoms with Gasteiger partial charge in [0.2, 0.25) is 0 Å². The summed E-state index contributed by atoms with van der Waals surface area (Å²) in [6.07, 6.45) is 5.38. The number of phenolic OH excluding ortho intramolecular Hbond substituents is 1. The van der Waals surface area contributed by atoms with Crippen molar-refractivity contribution in [3.05, 3.63) is 58.7 Å². The number of fused-ring (bicyclic) bond motifs is 1. The number of piperidine rings is 3. The third-order valence-electron chi connectivity index (χ3n) is 13.3. The Hall–Kier alpha value is -4.40. The number of likely N-dealkylation sites (tertiary alicyclic amines) is 3. The van der Waals surface area contributed by atoms with Gasteiger partial charge in [0.15, 0.2) is 6.10 Å². The molecule has 0 radical (unpaired) electrons. The van der Waals surface area contributed by atoms with E-state index in [9.17, 15) is 24.3 Å². The summed E-state index contributed by atoms with van der Waals surface area (Å²) < 4.78 is 17.1. The SMILES string of the molecule is Cc1cc(C[C@@H](OC(=O)N2CCC(N3CCc4ccccc4NC3=O)CC2)C(=O)N2CCC(C3CCN(CC(=O)OCCCN4CCOCC4)CC3)CC2)cc(C)c1O. The van der Waals surface area contributed by atoms with Crippen LogP contribution in [0.25, 0.3) is 0 Å². The Morgan fingerprint density at radius 2 is 1.47 bits per heavy atom. The van der Waals surface area contributed by atoms with Gasteiger partial charge in [-0.15, -0.1) is 0 Å². The smallest absolute Gasteiger partial charge is 0.410 e. The van der Waals surface area contributed by atoms with Crippen molar-refractivity contribution in [2.75, 3.05) is 97.1 Å². The molecule has 0 bridgehead atoms. The lowest BCUT2D eigenvalue weighted by Crippen LogP contribution is -2.52. The van der Waals surface area contributed by atoms with Crippen LogP contribution < -0.4 is 5.32 Å². The lowest BCUT2D eigenvalue weighted by atomic mass is 9.78. The van der Waals surface area contributed by atoms with Crippen LogP contribution in [0.15, 0.2) is 36.4 Å². The van der Waals surface area contributed by atoms with Gasteiger partial charge >= 0.3 is 18.1 Å². The number of aromatic hydroxyl groups is 1. The standard InChI is InChI=1S/C45H64N6O8/c1-32-28-34(29-33(2)42(32)53)30-40(59-45(56)50-20-13-38(14-21-50)51-22-12-37-6-3-4-7-39(37)46-44(51)55)43(54)49-18-10-36(11-19-49)35-8-16-48(17-9-35)31-41(52)58-25-5-15-47-23-26-57-27-24-47/h3-4,6-7,28-29,35-36,38,40,53H,5,8-27,30-31H2,1-2H3,(H,46,55)/t40-/m1/s1.